The molecule has 0 spiro atoms. The van der Waals surface area contributed by atoms with E-state index in [-0.39, 0.29) is 17.9 Å². The molecular formula is C19H22F3N3O2. The molecule has 0 unspecified atom stereocenters. The quantitative estimate of drug-likeness (QED) is 0.706. The standard InChI is InChI=1S/C19H22F3N3O2/c1-3-26-15-10-6-7-13(11-15)25(2)17-16(19(20,21)22)12-23-18(24-17)27-14-8-4-5-9-14/h6-7,10-12,14H,3-5,8-9H2,1-2H3. The molecule has 1 heterocycles. The van der Waals surface area contributed by atoms with Gasteiger partial charge >= 0.3 is 12.2 Å². The van der Waals surface area contributed by atoms with Crippen LogP contribution in [0.2, 0.25) is 0 Å². The summed E-state index contributed by atoms with van der Waals surface area (Å²) in [7, 11) is 1.53. The van der Waals surface area contributed by atoms with Gasteiger partial charge in [-0.05, 0) is 44.7 Å². The van der Waals surface area contributed by atoms with Crippen LogP contribution in [0.25, 0.3) is 0 Å². The summed E-state index contributed by atoms with van der Waals surface area (Å²) in [6.45, 7) is 2.31. The number of hydrogen-bond acceptors (Lipinski definition) is 5. The molecule has 1 saturated carbocycles. The number of halogens is 3. The van der Waals surface area contributed by atoms with Gasteiger partial charge in [0.1, 0.15) is 17.4 Å². The summed E-state index contributed by atoms with van der Waals surface area (Å²) >= 11 is 0. The highest BCUT2D eigenvalue weighted by atomic mass is 19.4. The molecular weight excluding hydrogens is 359 g/mol. The van der Waals surface area contributed by atoms with Gasteiger partial charge in [0.15, 0.2) is 5.82 Å². The molecule has 0 bridgehead atoms. The first-order valence-corrected chi connectivity index (χ1v) is 8.96. The van der Waals surface area contributed by atoms with Crippen molar-refractivity contribution in [3.63, 3.8) is 0 Å². The number of rotatable bonds is 6. The average molecular weight is 381 g/mol. The van der Waals surface area contributed by atoms with E-state index >= 15 is 0 Å². The first kappa shape index (κ1) is 19.3. The lowest BCUT2D eigenvalue weighted by Crippen LogP contribution is -2.21. The Hall–Kier alpha value is -2.51. The van der Waals surface area contributed by atoms with Gasteiger partial charge in [0.25, 0.3) is 0 Å². The molecule has 1 aromatic heterocycles. The van der Waals surface area contributed by atoms with Crippen molar-refractivity contribution in [2.24, 2.45) is 0 Å². The Morgan fingerprint density at radius 1 is 1.22 bits per heavy atom. The van der Waals surface area contributed by atoms with E-state index in [1.54, 1.807) is 24.3 Å². The van der Waals surface area contributed by atoms with Gasteiger partial charge in [-0.25, -0.2) is 4.98 Å². The van der Waals surface area contributed by atoms with Crippen molar-refractivity contribution in [1.82, 2.24) is 9.97 Å². The van der Waals surface area contributed by atoms with Crippen molar-refractivity contribution in [2.45, 2.75) is 44.9 Å². The van der Waals surface area contributed by atoms with E-state index in [2.05, 4.69) is 9.97 Å². The SMILES string of the molecule is CCOc1cccc(N(C)c2nc(OC3CCCC3)ncc2C(F)(F)F)c1. The number of ether oxygens (including phenoxy) is 2. The van der Waals surface area contributed by atoms with Gasteiger partial charge < -0.3 is 14.4 Å². The molecule has 1 aliphatic carbocycles. The molecule has 3 rings (SSSR count). The van der Waals surface area contributed by atoms with Crippen LogP contribution in [-0.4, -0.2) is 29.7 Å². The summed E-state index contributed by atoms with van der Waals surface area (Å²) in [5.41, 5.74) is -0.387. The van der Waals surface area contributed by atoms with Crippen LogP contribution in [0.4, 0.5) is 24.7 Å². The Labute approximate surface area is 156 Å². The third kappa shape index (κ3) is 4.61. The van der Waals surface area contributed by atoms with E-state index < -0.39 is 11.7 Å². The molecule has 1 fully saturated rings. The molecule has 0 amide bonds. The summed E-state index contributed by atoms with van der Waals surface area (Å²) in [5, 5.41) is 0. The van der Waals surface area contributed by atoms with Crippen molar-refractivity contribution in [1.29, 1.82) is 0 Å². The Bertz CT molecular complexity index is 777. The first-order chi connectivity index (χ1) is 12.9. The van der Waals surface area contributed by atoms with Crippen LogP contribution < -0.4 is 14.4 Å². The molecule has 27 heavy (non-hydrogen) atoms. The van der Waals surface area contributed by atoms with Gasteiger partial charge in [-0.2, -0.15) is 18.2 Å². The average Bonchev–Trinajstić information content (AvgIpc) is 3.13. The molecule has 0 N–H and O–H groups in total. The fourth-order valence-corrected chi connectivity index (χ4v) is 3.10. The van der Waals surface area contributed by atoms with E-state index in [1.807, 2.05) is 6.92 Å². The molecule has 0 saturated heterocycles. The van der Waals surface area contributed by atoms with Gasteiger partial charge in [-0.3, -0.25) is 0 Å². The van der Waals surface area contributed by atoms with Crippen molar-refractivity contribution in [2.75, 3.05) is 18.6 Å². The fraction of sp³-hybridized carbons (Fsp3) is 0.474. The first-order valence-electron chi connectivity index (χ1n) is 8.96. The maximum absolute atomic E-state index is 13.5. The number of aromatic nitrogens is 2. The maximum Gasteiger partial charge on any atom is 0.421 e. The van der Waals surface area contributed by atoms with Crippen LogP contribution in [0.3, 0.4) is 0 Å². The summed E-state index contributed by atoms with van der Waals surface area (Å²) in [6, 6.07) is 6.81. The van der Waals surface area contributed by atoms with Crippen molar-refractivity contribution < 1.29 is 22.6 Å². The lowest BCUT2D eigenvalue weighted by molar-refractivity contribution is -0.137. The Morgan fingerprint density at radius 2 is 1.96 bits per heavy atom. The zero-order chi connectivity index (χ0) is 19.4. The number of hydrogen-bond donors (Lipinski definition) is 0. The monoisotopic (exact) mass is 381 g/mol. The van der Waals surface area contributed by atoms with Crippen LogP contribution in [0.1, 0.15) is 38.2 Å². The van der Waals surface area contributed by atoms with Gasteiger partial charge in [0.2, 0.25) is 0 Å². The molecule has 0 aliphatic heterocycles. The van der Waals surface area contributed by atoms with Crippen LogP contribution in [-0.2, 0) is 6.18 Å². The molecule has 146 valence electrons. The van der Waals surface area contributed by atoms with E-state index in [0.717, 1.165) is 31.9 Å². The van der Waals surface area contributed by atoms with E-state index in [0.29, 0.717) is 18.0 Å². The normalized spacial score (nSPS) is 15.0. The molecule has 8 heteroatoms. The number of alkyl halides is 3. The van der Waals surface area contributed by atoms with E-state index in [1.165, 1.54) is 11.9 Å². The van der Waals surface area contributed by atoms with Gasteiger partial charge in [-0.15, -0.1) is 0 Å². The van der Waals surface area contributed by atoms with Crippen LogP contribution in [0.15, 0.2) is 30.5 Å². The molecule has 1 aromatic carbocycles. The van der Waals surface area contributed by atoms with Crippen molar-refractivity contribution >= 4 is 11.5 Å². The van der Waals surface area contributed by atoms with Gasteiger partial charge in [0, 0.05) is 25.0 Å². The largest absolute Gasteiger partial charge is 0.494 e. The second kappa shape index (κ2) is 8.02. The second-order valence-electron chi connectivity index (χ2n) is 6.40. The maximum atomic E-state index is 13.5. The highest BCUT2D eigenvalue weighted by molar-refractivity contribution is 5.64. The predicted molar refractivity (Wildman–Crippen MR) is 95.6 cm³/mol. The highest BCUT2D eigenvalue weighted by Crippen LogP contribution is 2.38. The number of anilines is 2. The van der Waals surface area contributed by atoms with Crippen LogP contribution in [0.5, 0.6) is 11.8 Å². The lowest BCUT2D eigenvalue weighted by Gasteiger charge is -2.23. The summed E-state index contributed by atoms with van der Waals surface area (Å²) < 4.78 is 51.6. The Kier molecular flexibility index (Phi) is 5.72. The smallest absolute Gasteiger partial charge is 0.421 e. The van der Waals surface area contributed by atoms with Crippen molar-refractivity contribution in [3.05, 3.63) is 36.0 Å². The lowest BCUT2D eigenvalue weighted by atomic mass is 10.2. The van der Waals surface area contributed by atoms with E-state index in [9.17, 15) is 13.2 Å². The number of benzene rings is 1. The molecule has 2 aromatic rings. The zero-order valence-electron chi connectivity index (χ0n) is 15.3. The van der Waals surface area contributed by atoms with Crippen LogP contribution in [0, 0.1) is 0 Å². The van der Waals surface area contributed by atoms with E-state index in [4.69, 9.17) is 9.47 Å². The molecule has 0 atom stereocenters. The summed E-state index contributed by atoms with van der Waals surface area (Å²) in [5.74, 6) is 0.325. The molecule has 1 aliphatic rings. The zero-order valence-corrected chi connectivity index (χ0v) is 15.3. The third-order valence-electron chi connectivity index (χ3n) is 4.46. The highest BCUT2D eigenvalue weighted by Gasteiger charge is 2.37. The minimum atomic E-state index is -4.58. The summed E-state index contributed by atoms with van der Waals surface area (Å²) in [4.78, 5) is 9.24. The Balaban J connectivity index is 1.95. The van der Waals surface area contributed by atoms with Gasteiger partial charge in [-0.1, -0.05) is 6.07 Å². The van der Waals surface area contributed by atoms with Crippen molar-refractivity contribution in [3.8, 4) is 11.8 Å². The molecule has 0 radical (unpaired) electrons. The summed E-state index contributed by atoms with van der Waals surface area (Å²) in [6.07, 6.45) is -0.00784. The second-order valence-corrected chi connectivity index (χ2v) is 6.40. The minimum absolute atomic E-state index is 0.0299. The predicted octanol–water partition coefficient (Wildman–Crippen LogP) is 4.98. The minimum Gasteiger partial charge on any atom is -0.494 e. The third-order valence-corrected chi connectivity index (χ3v) is 4.46. The Morgan fingerprint density at radius 3 is 2.63 bits per heavy atom. The van der Waals surface area contributed by atoms with Gasteiger partial charge in [0.05, 0.1) is 6.61 Å². The molecule has 5 nitrogen and oxygen atoms in total. The topological polar surface area (TPSA) is 47.5 Å². The number of nitrogens with zero attached hydrogens (tertiary/aromatic N) is 3. The fourth-order valence-electron chi connectivity index (χ4n) is 3.10. The van der Waals surface area contributed by atoms with Crippen LogP contribution >= 0.6 is 0 Å².